The van der Waals surface area contributed by atoms with Crippen molar-refractivity contribution < 1.29 is 75.8 Å². The summed E-state index contributed by atoms with van der Waals surface area (Å²) < 4.78 is 60.7. The molecule has 0 spiro atoms. The zero-order valence-electron chi connectivity index (χ0n) is 53.4. The Morgan fingerprint density at radius 2 is 0.609 bits per heavy atom. The number of unbranched alkanes of at least 4 members (excludes halogenated alkanes) is 15. The van der Waals surface area contributed by atoms with Gasteiger partial charge in [-0.2, -0.15) is 0 Å². The zero-order valence-corrected chi connectivity index (χ0v) is 55.2. The molecule has 0 saturated heterocycles. The Labute approximate surface area is 525 Å². The molecule has 18 heteroatoms. The van der Waals surface area contributed by atoms with Crippen LogP contribution in [0, 0.1) is 0 Å². The molecular formula is C69H114O16P2. The minimum Gasteiger partial charge on any atom is -0.463 e. The van der Waals surface area contributed by atoms with E-state index in [2.05, 4.69) is 154 Å². The van der Waals surface area contributed by atoms with Crippen LogP contribution in [0.15, 0.2) is 134 Å². The highest BCUT2D eigenvalue weighted by molar-refractivity contribution is 7.47. The number of carbonyl (C=O) groups excluding carboxylic acids is 3. The molecule has 16 nitrogen and oxygen atoms in total. The number of hydrogen-bond donors (Lipinski definition) is 4. The third-order valence-corrected chi connectivity index (χ3v) is 14.8. The Morgan fingerprint density at radius 3 is 0.989 bits per heavy atom. The third kappa shape index (κ3) is 63.1. The number of phosphoric acid groups is 2. The van der Waals surface area contributed by atoms with Crippen LogP contribution in [0.5, 0.6) is 0 Å². The van der Waals surface area contributed by atoms with Gasteiger partial charge >= 0.3 is 33.6 Å². The van der Waals surface area contributed by atoms with E-state index in [4.69, 9.17) is 32.3 Å². The molecule has 0 bridgehead atoms. The van der Waals surface area contributed by atoms with Crippen molar-refractivity contribution in [1.29, 1.82) is 0 Å². The largest absolute Gasteiger partial charge is 0.472 e. The van der Waals surface area contributed by atoms with Gasteiger partial charge in [0.2, 0.25) is 0 Å². The second kappa shape index (κ2) is 61.9. The minimum absolute atomic E-state index is 0.0942. The molecule has 0 aliphatic heterocycles. The lowest BCUT2D eigenvalue weighted by atomic mass is 10.1. The van der Waals surface area contributed by atoms with Gasteiger partial charge in [-0.15, -0.1) is 0 Å². The van der Waals surface area contributed by atoms with Crippen LogP contribution >= 0.6 is 15.6 Å². The summed E-state index contributed by atoms with van der Waals surface area (Å²) in [4.78, 5) is 58.2. The van der Waals surface area contributed by atoms with Crippen LogP contribution in [-0.4, -0.2) is 95.9 Å². The molecule has 0 fully saturated rings. The summed E-state index contributed by atoms with van der Waals surface area (Å²) in [6, 6.07) is 0. The van der Waals surface area contributed by atoms with E-state index in [1.165, 1.54) is 38.5 Å². The van der Waals surface area contributed by atoms with E-state index in [1.54, 1.807) is 0 Å². The summed E-state index contributed by atoms with van der Waals surface area (Å²) in [5, 5.41) is 20.5. The van der Waals surface area contributed by atoms with Crippen LogP contribution in [0.1, 0.15) is 226 Å². The van der Waals surface area contributed by atoms with Crippen LogP contribution < -0.4 is 0 Å². The third-order valence-electron chi connectivity index (χ3n) is 12.9. The van der Waals surface area contributed by atoms with E-state index in [0.717, 1.165) is 128 Å². The number of carbonyl (C=O) groups is 3. The molecular weight excluding hydrogens is 1150 g/mol. The van der Waals surface area contributed by atoms with Crippen molar-refractivity contribution in [3.63, 3.8) is 0 Å². The first-order valence-corrected chi connectivity index (χ1v) is 35.5. The van der Waals surface area contributed by atoms with Crippen molar-refractivity contribution >= 4 is 33.6 Å². The average Bonchev–Trinajstić information content (AvgIpc) is 3.57. The number of aliphatic hydroxyl groups excluding tert-OH is 2. The number of rotatable bonds is 60. The molecule has 0 heterocycles. The quantitative estimate of drug-likeness (QED) is 0.0146. The van der Waals surface area contributed by atoms with Crippen molar-refractivity contribution in [3.8, 4) is 0 Å². The van der Waals surface area contributed by atoms with Gasteiger partial charge in [0.25, 0.3) is 0 Å². The van der Waals surface area contributed by atoms with Crippen LogP contribution in [-0.2, 0) is 55.8 Å². The van der Waals surface area contributed by atoms with Crippen molar-refractivity contribution in [3.05, 3.63) is 134 Å². The number of hydrogen-bond acceptors (Lipinski definition) is 14. The minimum atomic E-state index is -4.93. The van der Waals surface area contributed by atoms with Gasteiger partial charge in [-0.1, -0.05) is 225 Å². The molecule has 0 aliphatic rings. The molecule has 5 unspecified atom stereocenters. The van der Waals surface area contributed by atoms with E-state index in [1.807, 2.05) is 0 Å². The van der Waals surface area contributed by atoms with Crippen molar-refractivity contribution in [2.45, 2.75) is 245 Å². The first-order valence-electron chi connectivity index (χ1n) is 32.5. The monoisotopic (exact) mass is 1260 g/mol. The number of aliphatic hydroxyl groups is 2. The Bertz CT molecular complexity index is 2120. The maximum absolute atomic E-state index is 12.9. The maximum atomic E-state index is 12.9. The lowest BCUT2D eigenvalue weighted by Crippen LogP contribution is -2.30. The highest BCUT2D eigenvalue weighted by atomic mass is 31.2. The van der Waals surface area contributed by atoms with E-state index >= 15 is 0 Å². The van der Waals surface area contributed by atoms with Crippen LogP contribution in [0.4, 0.5) is 0 Å². The van der Waals surface area contributed by atoms with Crippen LogP contribution in [0.3, 0.4) is 0 Å². The van der Waals surface area contributed by atoms with Crippen molar-refractivity contribution in [2.75, 3.05) is 39.6 Å². The Balaban J connectivity index is 4.69. The van der Waals surface area contributed by atoms with E-state index in [9.17, 15) is 43.5 Å². The predicted octanol–water partition coefficient (Wildman–Crippen LogP) is 17.6. The van der Waals surface area contributed by atoms with Gasteiger partial charge in [-0.05, 0) is 116 Å². The van der Waals surface area contributed by atoms with Gasteiger partial charge in [-0.3, -0.25) is 32.5 Å². The maximum Gasteiger partial charge on any atom is 0.472 e. The Morgan fingerprint density at radius 1 is 0.333 bits per heavy atom. The second-order valence-electron chi connectivity index (χ2n) is 21.2. The smallest absolute Gasteiger partial charge is 0.463 e. The van der Waals surface area contributed by atoms with Gasteiger partial charge in [-0.25, -0.2) is 9.13 Å². The molecule has 0 radical (unpaired) electrons. The lowest BCUT2D eigenvalue weighted by Gasteiger charge is -2.21. The molecule has 87 heavy (non-hydrogen) atoms. The molecule has 0 amide bonds. The van der Waals surface area contributed by atoms with Gasteiger partial charge in [0.1, 0.15) is 25.4 Å². The number of allylic oxidation sites excluding steroid dienone is 22. The zero-order chi connectivity index (χ0) is 63.8. The van der Waals surface area contributed by atoms with Gasteiger partial charge < -0.3 is 34.2 Å². The molecule has 5 atom stereocenters. The van der Waals surface area contributed by atoms with Crippen molar-refractivity contribution in [2.24, 2.45) is 0 Å². The average molecular weight is 1260 g/mol. The summed E-state index contributed by atoms with van der Waals surface area (Å²) in [7, 11) is -9.79. The summed E-state index contributed by atoms with van der Waals surface area (Å²) in [6.07, 6.45) is 70.9. The fourth-order valence-corrected chi connectivity index (χ4v) is 9.54. The predicted molar refractivity (Wildman–Crippen MR) is 353 cm³/mol. The summed E-state index contributed by atoms with van der Waals surface area (Å²) in [6.45, 7) is 2.31. The first kappa shape index (κ1) is 82.7. The standard InChI is InChI=1S/C69H114O16P2/c1-4-7-10-13-16-19-22-24-26-28-30-31-33-35-36-38-41-43-46-49-52-55-67(72)79-58-64(70)59-81-86(75,76)82-60-65(71)61-83-87(77,78)84-63-66(85-69(74)57-54-51-48-45-40-21-18-15-12-9-6-3)62-80-68(73)56-53-50-47-44-42-39-37-34-32-29-27-25-23-20-17-14-11-8-5-2/h7-8,10-11,16-17,19-20,24-27,30-32,34-36,39,41-43,64-66,70-71H,4-6,9,12-15,18,21-23,28-29,33,37-38,40,44-63H2,1-3H3,(H,75,76)(H,77,78)/b10-7-,11-8-,19-16-,20-17-,26-24-,27-25-,31-30-,34-32-,36-35-,42-39-,43-41-. The summed E-state index contributed by atoms with van der Waals surface area (Å²) in [5.74, 6) is -1.66. The van der Waals surface area contributed by atoms with E-state index < -0.39 is 91.5 Å². The topological polar surface area (TPSA) is 231 Å². The normalized spacial score (nSPS) is 15.2. The van der Waals surface area contributed by atoms with Crippen LogP contribution in [0.25, 0.3) is 0 Å². The lowest BCUT2D eigenvalue weighted by molar-refractivity contribution is -0.161. The molecule has 0 aromatic carbocycles. The number of phosphoric ester groups is 2. The van der Waals surface area contributed by atoms with Gasteiger partial charge in [0, 0.05) is 19.3 Å². The fourth-order valence-electron chi connectivity index (χ4n) is 7.95. The molecule has 0 rings (SSSR count). The highest BCUT2D eigenvalue weighted by Gasteiger charge is 2.29. The van der Waals surface area contributed by atoms with Crippen LogP contribution in [0.2, 0.25) is 0 Å². The Kier molecular flexibility index (Phi) is 58.8. The van der Waals surface area contributed by atoms with Crippen molar-refractivity contribution in [1.82, 2.24) is 0 Å². The molecule has 0 aliphatic carbocycles. The molecule has 4 N–H and O–H groups in total. The SMILES string of the molecule is CC/C=C\C/C=C\C/C=C\C/C=C\C/C=C\C/C=C\CCCCC(=O)OCC(O)COP(=O)(O)OCC(O)COP(=O)(O)OCC(COC(=O)CCCCC/C=C\C/C=C\C/C=C\C/C=C\C/C=C\CC)OC(=O)CCCCCCCCCCCCC. The number of ether oxygens (including phenoxy) is 3. The second-order valence-corrected chi connectivity index (χ2v) is 24.1. The first-order chi connectivity index (χ1) is 42.2. The highest BCUT2D eigenvalue weighted by Crippen LogP contribution is 2.45. The fraction of sp³-hybridized carbons (Fsp3) is 0.638. The van der Waals surface area contributed by atoms with E-state index in [0.29, 0.717) is 19.3 Å². The molecule has 0 saturated carbocycles. The molecule has 0 aromatic heterocycles. The molecule has 0 aromatic rings. The van der Waals surface area contributed by atoms with E-state index in [-0.39, 0.29) is 19.3 Å². The van der Waals surface area contributed by atoms with Gasteiger partial charge in [0.05, 0.1) is 26.4 Å². The molecule has 496 valence electrons. The Hall–Kier alpha value is -4.31. The summed E-state index contributed by atoms with van der Waals surface area (Å²) in [5.41, 5.74) is 0. The summed E-state index contributed by atoms with van der Waals surface area (Å²) >= 11 is 0. The number of esters is 3. The van der Waals surface area contributed by atoms with Gasteiger partial charge in [0.15, 0.2) is 6.10 Å².